The van der Waals surface area contributed by atoms with Gasteiger partial charge in [0.15, 0.2) is 0 Å². The second kappa shape index (κ2) is 6.61. The molecule has 0 unspecified atom stereocenters. The van der Waals surface area contributed by atoms with Gasteiger partial charge in [-0.3, -0.25) is 4.90 Å². The molecule has 0 bridgehead atoms. The molecule has 2 aromatic heterocycles. The molecule has 0 atom stereocenters. The zero-order valence-corrected chi connectivity index (χ0v) is 15.0. The molecule has 5 nitrogen and oxygen atoms in total. The van der Waals surface area contributed by atoms with Crippen molar-refractivity contribution in [3.8, 4) is 5.69 Å². The summed E-state index contributed by atoms with van der Waals surface area (Å²) in [4.78, 5) is 2.27. The van der Waals surface area contributed by atoms with E-state index in [2.05, 4.69) is 59.5 Å². The lowest BCUT2D eigenvalue weighted by Crippen LogP contribution is -2.19. The lowest BCUT2D eigenvalue weighted by Gasteiger charge is -2.19. The maximum atomic E-state index is 5.27. The summed E-state index contributed by atoms with van der Waals surface area (Å²) in [6.07, 6.45) is 0. The molecule has 3 rings (SSSR count). The van der Waals surface area contributed by atoms with Gasteiger partial charge in [0.2, 0.25) is 0 Å². The Labute approximate surface area is 142 Å². The first-order chi connectivity index (χ1) is 11.5. The number of nitrogens with zero attached hydrogens (tertiary/aromatic N) is 4. The van der Waals surface area contributed by atoms with Crippen molar-refractivity contribution in [2.45, 2.75) is 40.8 Å². The first-order valence-corrected chi connectivity index (χ1v) is 8.17. The molecule has 1 aromatic carbocycles. The van der Waals surface area contributed by atoms with E-state index in [0.717, 1.165) is 41.6 Å². The molecular weight excluding hydrogens is 300 g/mol. The number of benzene rings is 1. The molecule has 0 N–H and O–H groups in total. The minimum atomic E-state index is 0.812. The van der Waals surface area contributed by atoms with Crippen LogP contribution in [0.2, 0.25) is 0 Å². The first-order valence-electron chi connectivity index (χ1n) is 8.17. The van der Waals surface area contributed by atoms with Crippen LogP contribution >= 0.6 is 0 Å². The highest BCUT2D eigenvalue weighted by atomic mass is 16.5. The summed E-state index contributed by atoms with van der Waals surface area (Å²) >= 11 is 0. The Bertz CT molecular complexity index is 827. The minimum Gasteiger partial charge on any atom is -0.361 e. The molecule has 0 spiro atoms. The predicted octanol–water partition coefficient (Wildman–Crippen LogP) is 3.73. The predicted molar refractivity (Wildman–Crippen MR) is 94.2 cm³/mol. The molecule has 0 aliphatic rings. The van der Waals surface area contributed by atoms with Crippen molar-refractivity contribution in [1.29, 1.82) is 0 Å². The number of aryl methyl sites for hydroxylation is 4. The van der Waals surface area contributed by atoms with E-state index in [9.17, 15) is 0 Å². The average Bonchev–Trinajstić information content (AvgIpc) is 3.03. The van der Waals surface area contributed by atoms with E-state index in [-0.39, 0.29) is 0 Å². The van der Waals surface area contributed by atoms with Crippen LogP contribution < -0.4 is 0 Å². The number of aromatic nitrogens is 3. The van der Waals surface area contributed by atoms with Gasteiger partial charge in [-0.2, -0.15) is 5.10 Å². The van der Waals surface area contributed by atoms with Gasteiger partial charge in [-0.15, -0.1) is 0 Å². The smallest absolute Gasteiger partial charge is 0.138 e. The van der Waals surface area contributed by atoms with Crippen LogP contribution in [0, 0.1) is 27.7 Å². The lowest BCUT2D eigenvalue weighted by molar-refractivity contribution is 0.314. The average molecular weight is 324 g/mol. The molecule has 3 aromatic rings. The lowest BCUT2D eigenvalue weighted by atomic mass is 10.1. The standard InChI is InChI=1S/C19H24N4O/c1-13-10-14(2)23(20-13)19-9-7-6-8-17(19)11-22(5)12-18-15(3)21-24-16(18)4/h6-10H,11-12H2,1-5H3. The van der Waals surface area contributed by atoms with Crippen molar-refractivity contribution in [3.05, 3.63) is 64.3 Å². The van der Waals surface area contributed by atoms with Gasteiger partial charge in [-0.25, -0.2) is 4.68 Å². The number of hydrogen-bond acceptors (Lipinski definition) is 4. The monoisotopic (exact) mass is 324 g/mol. The van der Waals surface area contributed by atoms with E-state index in [0.29, 0.717) is 0 Å². The fourth-order valence-corrected chi connectivity index (χ4v) is 3.07. The maximum absolute atomic E-state index is 5.27. The summed E-state index contributed by atoms with van der Waals surface area (Å²) in [6.45, 7) is 9.71. The molecule has 0 aliphatic heterocycles. The van der Waals surface area contributed by atoms with Crippen LogP contribution in [-0.4, -0.2) is 26.9 Å². The third-order valence-electron chi connectivity index (χ3n) is 4.28. The van der Waals surface area contributed by atoms with Gasteiger partial charge in [-0.05, 0) is 52.4 Å². The summed E-state index contributed by atoms with van der Waals surface area (Å²) in [5, 5.41) is 8.67. The molecule has 0 amide bonds. The van der Waals surface area contributed by atoms with Gasteiger partial charge in [0, 0.05) is 24.3 Å². The molecule has 24 heavy (non-hydrogen) atoms. The summed E-state index contributed by atoms with van der Waals surface area (Å²) in [6, 6.07) is 10.5. The Morgan fingerprint density at radius 3 is 2.46 bits per heavy atom. The van der Waals surface area contributed by atoms with Crippen molar-refractivity contribution in [2.24, 2.45) is 0 Å². The van der Waals surface area contributed by atoms with Gasteiger partial charge in [0.25, 0.3) is 0 Å². The normalized spacial score (nSPS) is 11.4. The van der Waals surface area contributed by atoms with Crippen molar-refractivity contribution in [3.63, 3.8) is 0 Å². The Hall–Kier alpha value is -2.40. The zero-order valence-electron chi connectivity index (χ0n) is 15.0. The van der Waals surface area contributed by atoms with E-state index < -0.39 is 0 Å². The Morgan fingerprint density at radius 2 is 1.83 bits per heavy atom. The van der Waals surface area contributed by atoms with Crippen molar-refractivity contribution in [1.82, 2.24) is 19.8 Å². The SMILES string of the molecule is Cc1cc(C)n(-c2ccccc2CN(C)Cc2c(C)noc2C)n1. The Balaban J connectivity index is 1.84. The van der Waals surface area contributed by atoms with Gasteiger partial charge in [-0.1, -0.05) is 23.4 Å². The van der Waals surface area contributed by atoms with Gasteiger partial charge in [0.05, 0.1) is 17.1 Å². The second-order valence-electron chi connectivity index (χ2n) is 6.44. The fourth-order valence-electron chi connectivity index (χ4n) is 3.07. The molecule has 5 heteroatoms. The molecule has 0 saturated heterocycles. The quantitative estimate of drug-likeness (QED) is 0.717. The van der Waals surface area contributed by atoms with Crippen molar-refractivity contribution < 1.29 is 4.52 Å². The van der Waals surface area contributed by atoms with E-state index in [4.69, 9.17) is 4.52 Å². The molecule has 0 saturated carbocycles. The topological polar surface area (TPSA) is 47.1 Å². The second-order valence-corrected chi connectivity index (χ2v) is 6.44. The molecule has 2 heterocycles. The fraction of sp³-hybridized carbons (Fsp3) is 0.368. The molecule has 126 valence electrons. The highest BCUT2D eigenvalue weighted by Gasteiger charge is 2.14. The molecule has 0 aliphatic carbocycles. The summed E-state index contributed by atoms with van der Waals surface area (Å²) < 4.78 is 7.29. The number of para-hydroxylation sites is 1. The minimum absolute atomic E-state index is 0.812. The van der Waals surface area contributed by atoms with Crippen molar-refractivity contribution in [2.75, 3.05) is 7.05 Å². The van der Waals surface area contributed by atoms with Crippen LogP contribution in [-0.2, 0) is 13.1 Å². The van der Waals surface area contributed by atoms with Crippen LogP contribution in [0.4, 0.5) is 0 Å². The maximum Gasteiger partial charge on any atom is 0.138 e. The summed E-state index contributed by atoms with van der Waals surface area (Å²) in [5.41, 5.74) is 6.69. The largest absolute Gasteiger partial charge is 0.361 e. The van der Waals surface area contributed by atoms with Crippen LogP contribution in [0.25, 0.3) is 5.69 Å². The van der Waals surface area contributed by atoms with Gasteiger partial charge < -0.3 is 4.52 Å². The van der Waals surface area contributed by atoms with Gasteiger partial charge in [0.1, 0.15) is 5.76 Å². The summed E-state index contributed by atoms with van der Waals surface area (Å²) in [7, 11) is 2.11. The molecule has 0 radical (unpaired) electrons. The summed E-state index contributed by atoms with van der Waals surface area (Å²) in [5.74, 6) is 0.895. The first kappa shape index (κ1) is 16.5. The Kier molecular flexibility index (Phi) is 4.53. The molecule has 0 fully saturated rings. The number of rotatable bonds is 5. The highest BCUT2D eigenvalue weighted by Crippen LogP contribution is 2.20. The number of hydrogen-bond donors (Lipinski definition) is 0. The van der Waals surface area contributed by atoms with E-state index in [1.165, 1.54) is 11.1 Å². The van der Waals surface area contributed by atoms with E-state index in [1.807, 2.05) is 25.5 Å². The van der Waals surface area contributed by atoms with Crippen LogP contribution in [0.1, 0.15) is 34.0 Å². The van der Waals surface area contributed by atoms with E-state index >= 15 is 0 Å². The van der Waals surface area contributed by atoms with Gasteiger partial charge >= 0.3 is 0 Å². The van der Waals surface area contributed by atoms with Crippen LogP contribution in [0.5, 0.6) is 0 Å². The van der Waals surface area contributed by atoms with Crippen LogP contribution in [0.3, 0.4) is 0 Å². The highest BCUT2D eigenvalue weighted by molar-refractivity contribution is 5.42. The van der Waals surface area contributed by atoms with Crippen molar-refractivity contribution >= 4 is 0 Å². The van der Waals surface area contributed by atoms with Crippen LogP contribution in [0.15, 0.2) is 34.9 Å². The zero-order chi connectivity index (χ0) is 17.3. The molecular formula is C19H24N4O. The third kappa shape index (κ3) is 3.26. The Morgan fingerprint density at radius 1 is 1.08 bits per heavy atom. The third-order valence-corrected chi connectivity index (χ3v) is 4.28. The van der Waals surface area contributed by atoms with E-state index in [1.54, 1.807) is 0 Å².